The molecule has 0 amide bonds. The van der Waals surface area contributed by atoms with E-state index in [1.165, 1.54) is 0 Å². The van der Waals surface area contributed by atoms with Gasteiger partial charge in [-0.05, 0) is 24.6 Å². The van der Waals surface area contributed by atoms with Gasteiger partial charge in [0.2, 0.25) is 0 Å². The lowest BCUT2D eigenvalue weighted by Gasteiger charge is -2.21. The number of benzene rings is 1. The minimum absolute atomic E-state index is 0.523. The first-order chi connectivity index (χ1) is 7.44. The molecule has 1 nitrogen and oxygen atoms in total. The first kappa shape index (κ1) is 13.0. The molecule has 4 heteroatoms. The van der Waals surface area contributed by atoms with Crippen molar-refractivity contribution in [2.24, 2.45) is 0 Å². The van der Waals surface area contributed by atoms with Crippen LogP contribution in [-0.4, -0.2) is 12.7 Å². The number of hydrogen-bond donors (Lipinski definition) is 1. The van der Waals surface area contributed by atoms with Crippen LogP contribution in [0.2, 0.25) is 0 Å². The average Bonchev–Trinajstić information content (AvgIpc) is 2.16. The quantitative estimate of drug-likeness (QED) is 0.834. The Morgan fingerprint density at radius 2 is 1.88 bits per heavy atom. The van der Waals surface area contributed by atoms with Gasteiger partial charge in [-0.1, -0.05) is 31.2 Å². The lowest BCUT2D eigenvalue weighted by Crippen LogP contribution is -2.27. The first-order valence-electron chi connectivity index (χ1n) is 5.29. The Morgan fingerprint density at radius 3 is 2.38 bits per heavy atom. The fourth-order valence-corrected chi connectivity index (χ4v) is 1.75. The second kappa shape index (κ2) is 5.34. The molecule has 0 bridgehead atoms. The zero-order chi connectivity index (χ0) is 12.2. The SMILES string of the molecule is CCNC(CC(F)(F)F)c1ccccc1C. The lowest BCUT2D eigenvalue weighted by atomic mass is 9.98. The van der Waals surface area contributed by atoms with Crippen LogP contribution in [-0.2, 0) is 0 Å². The van der Waals surface area contributed by atoms with Crippen molar-refractivity contribution in [1.82, 2.24) is 5.32 Å². The molecule has 0 heterocycles. The molecular weight excluding hydrogens is 215 g/mol. The maximum Gasteiger partial charge on any atom is 0.390 e. The third-order valence-electron chi connectivity index (χ3n) is 2.45. The van der Waals surface area contributed by atoms with E-state index >= 15 is 0 Å². The van der Waals surface area contributed by atoms with Crippen LogP contribution < -0.4 is 5.32 Å². The van der Waals surface area contributed by atoms with Crippen LogP contribution in [0.1, 0.15) is 30.5 Å². The minimum Gasteiger partial charge on any atom is -0.310 e. The highest BCUT2D eigenvalue weighted by molar-refractivity contribution is 5.28. The van der Waals surface area contributed by atoms with Gasteiger partial charge in [0.15, 0.2) is 0 Å². The van der Waals surface area contributed by atoms with Crippen LogP contribution in [0, 0.1) is 6.92 Å². The zero-order valence-electron chi connectivity index (χ0n) is 9.43. The summed E-state index contributed by atoms with van der Waals surface area (Å²) in [7, 11) is 0. The third kappa shape index (κ3) is 3.85. The minimum atomic E-state index is -4.14. The molecule has 0 aliphatic carbocycles. The summed E-state index contributed by atoms with van der Waals surface area (Å²) in [6.07, 6.45) is -4.97. The topological polar surface area (TPSA) is 12.0 Å². The van der Waals surface area contributed by atoms with Gasteiger partial charge in [0.25, 0.3) is 0 Å². The Hall–Kier alpha value is -1.03. The maximum absolute atomic E-state index is 12.4. The highest BCUT2D eigenvalue weighted by Gasteiger charge is 2.32. The number of aryl methyl sites for hydroxylation is 1. The van der Waals surface area contributed by atoms with Gasteiger partial charge in [-0.25, -0.2) is 0 Å². The fraction of sp³-hybridized carbons (Fsp3) is 0.500. The Morgan fingerprint density at radius 1 is 1.25 bits per heavy atom. The average molecular weight is 231 g/mol. The molecule has 0 aliphatic heterocycles. The molecule has 90 valence electrons. The Balaban J connectivity index is 2.89. The van der Waals surface area contributed by atoms with Gasteiger partial charge < -0.3 is 5.32 Å². The number of hydrogen-bond acceptors (Lipinski definition) is 1. The van der Waals surface area contributed by atoms with Gasteiger partial charge in [0.05, 0.1) is 6.42 Å². The van der Waals surface area contributed by atoms with Gasteiger partial charge in [0.1, 0.15) is 0 Å². The lowest BCUT2D eigenvalue weighted by molar-refractivity contribution is -0.140. The van der Waals surface area contributed by atoms with Gasteiger partial charge in [-0.2, -0.15) is 13.2 Å². The summed E-state index contributed by atoms with van der Waals surface area (Å²) in [4.78, 5) is 0. The summed E-state index contributed by atoms with van der Waals surface area (Å²) in [5.41, 5.74) is 1.61. The monoisotopic (exact) mass is 231 g/mol. The Labute approximate surface area is 93.7 Å². The summed E-state index contributed by atoms with van der Waals surface area (Å²) < 4.78 is 37.2. The predicted molar refractivity (Wildman–Crippen MR) is 58.3 cm³/mol. The van der Waals surface area contributed by atoms with Gasteiger partial charge in [-0.15, -0.1) is 0 Å². The van der Waals surface area contributed by atoms with Gasteiger partial charge in [0, 0.05) is 6.04 Å². The molecule has 0 saturated heterocycles. The van der Waals surface area contributed by atoms with Gasteiger partial charge >= 0.3 is 6.18 Å². The van der Waals surface area contributed by atoms with Crippen LogP contribution in [0.15, 0.2) is 24.3 Å². The van der Waals surface area contributed by atoms with Crippen LogP contribution >= 0.6 is 0 Å². The van der Waals surface area contributed by atoms with E-state index in [0.29, 0.717) is 6.54 Å². The van der Waals surface area contributed by atoms with E-state index in [1.807, 2.05) is 26.0 Å². The van der Waals surface area contributed by atoms with E-state index in [2.05, 4.69) is 5.32 Å². The van der Waals surface area contributed by atoms with Crippen molar-refractivity contribution in [3.05, 3.63) is 35.4 Å². The molecule has 1 atom stereocenters. The summed E-state index contributed by atoms with van der Waals surface area (Å²) >= 11 is 0. The summed E-state index contributed by atoms with van der Waals surface area (Å²) in [5.74, 6) is 0. The third-order valence-corrected chi connectivity index (χ3v) is 2.45. The molecule has 1 rings (SSSR count). The maximum atomic E-state index is 12.4. The van der Waals surface area contributed by atoms with Crippen molar-refractivity contribution in [3.8, 4) is 0 Å². The van der Waals surface area contributed by atoms with E-state index in [1.54, 1.807) is 12.1 Å². The van der Waals surface area contributed by atoms with Crippen LogP contribution in [0.4, 0.5) is 13.2 Å². The van der Waals surface area contributed by atoms with E-state index in [9.17, 15) is 13.2 Å². The van der Waals surface area contributed by atoms with E-state index in [-0.39, 0.29) is 0 Å². The number of nitrogens with one attached hydrogen (secondary N) is 1. The smallest absolute Gasteiger partial charge is 0.310 e. The Bertz CT molecular complexity index is 333. The molecule has 1 aromatic carbocycles. The molecule has 0 aromatic heterocycles. The second-order valence-corrected chi connectivity index (χ2v) is 3.79. The number of rotatable bonds is 4. The summed E-state index contributed by atoms with van der Waals surface area (Å²) in [6.45, 7) is 4.16. The Kier molecular flexibility index (Phi) is 4.35. The van der Waals surface area contributed by atoms with Crippen molar-refractivity contribution in [2.45, 2.75) is 32.5 Å². The number of halogens is 3. The van der Waals surface area contributed by atoms with E-state index in [0.717, 1.165) is 11.1 Å². The predicted octanol–water partition coefficient (Wildman–Crippen LogP) is 3.60. The normalized spacial score (nSPS) is 13.8. The summed E-state index contributed by atoms with van der Waals surface area (Å²) in [6, 6.07) is 6.52. The van der Waals surface area contributed by atoms with Crippen molar-refractivity contribution >= 4 is 0 Å². The zero-order valence-corrected chi connectivity index (χ0v) is 9.43. The van der Waals surface area contributed by atoms with Crippen molar-refractivity contribution < 1.29 is 13.2 Å². The molecule has 16 heavy (non-hydrogen) atoms. The molecular formula is C12H16F3N. The van der Waals surface area contributed by atoms with E-state index < -0.39 is 18.6 Å². The molecule has 0 radical (unpaired) electrons. The summed E-state index contributed by atoms with van der Waals surface area (Å²) in [5, 5.41) is 2.88. The van der Waals surface area contributed by atoms with Crippen LogP contribution in [0.3, 0.4) is 0 Å². The highest BCUT2D eigenvalue weighted by atomic mass is 19.4. The molecule has 1 N–H and O–H groups in total. The van der Waals surface area contributed by atoms with Crippen molar-refractivity contribution in [2.75, 3.05) is 6.54 Å². The highest BCUT2D eigenvalue weighted by Crippen LogP contribution is 2.30. The van der Waals surface area contributed by atoms with Crippen LogP contribution in [0.5, 0.6) is 0 Å². The largest absolute Gasteiger partial charge is 0.390 e. The van der Waals surface area contributed by atoms with Crippen molar-refractivity contribution in [1.29, 1.82) is 0 Å². The second-order valence-electron chi connectivity index (χ2n) is 3.79. The van der Waals surface area contributed by atoms with E-state index in [4.69, 9.17) is 0 Å². The first-order valence-corrected chi connectivity index (χ1v) is 5.29. The fourth-order valence-electron chi connectivity index (χ4n) is 1.75. The molecule has 1 aromatic rings. The standard InChI is InChI=1S/C12H16F3N/c1-3-16-11(8-12(13,14)15)10-7-5-4-6-9(10)2/h4-7,11,16H,3,8H2,1-2H3. The molecule has 1 unspecified atom stereocenters. The number of alkyl halides is 3. The van der Waals surface area contributed by atoms with Crippen LogP contribution in [0.25, 0.3) is 0 Å². The molecule has 0 fully saturated rings. The molecule has 0 spiro atoms. The molecule has 0 aliphatic rings. The molecule has 0 saturated carbocycles. The van der Waals surface area contributed by atoms with Crippen molar-refractivity contribution in [3.63, 3.8) is 0 Å². The van der Waals surface area contributed by atoms with Gasteiger partial charge in [-0.3, -0.25) is 0 Å².